The quantitative estimate of drug-likeness (QED) is 0.474. The number of hydrogen-bond donors (Lipinski definition) is 0. The lowest BCUT2D eigenvalue weighted by molar-refractivity contribution is -0.146. The summed E-state index contributed by atoms with van der Waals surface area (Å²) in [6.07, 6.45) is 5.38. The summed E-state index contributed by atoms with van der Waals surface area (Å²) in [7, 11) is 0. The van der Waals surface area contributed by atoms with Crippen LogP contribution in [0.25, 0.3) is 0 Å². The van der Waals surface area contributed by atoms with E-state index in [4.69, 9.17) is 4.74 Å². The van der Waals surface area contributed by atoms with Gasteiger partial charge in [-0.2, -0.15) is 0 Å². The molecule has 1 aliphatic rings. The Morgan fingerprint density at radius 3 is 3.17 bits per heavy atom. The minimum absolute atomic E-state index is 0.0601. The number of rotatable bonds is 3. The molecule has 0 aromatic heterocycles. The number of hydrogen-bond acceptors (Lipinski definition) is 2. The van der Waals surface area contributed by atoms with Crippen molar-refractivity contribution in [3.8, 4) is 0 Å². The predicted octanol–water partition coefficient (Wildman–Crippen LogP) is 2.07. The highest BCUT2D eigenvalue weighted by Gasteiger charge is 2.22. The summed E-state index contributed by atoms with van der Waals surface area (Å²) in [6, 6.07) is 0. The molecule has 0 amide bonds. The Hall–Kier alpha value is -1.05. The molecule has 66 valence electrons. The first kappa shape index (κ1) is 9.04. The number of allylic oxidation sites excluding steroid dienone is 2. The van der Waals surface area contributed by atoms with Crippen molar-refractivity contribution in [3.05, 3.63) is 24.3 Å². The van der Waals surface area contributed by atoms with Crippen molar-refractivity contribution >= 4 is 5.97 Å². The molecular weight excluding hydrogens is 152 g/mol. The highest BCUT2D eigenvalue weighted by atomic mass is 16.5. The molecule has 0 saturated carbocycles. The zero-order valence-corrected chi connectivity index (χ0v) is 7.38. The molecule has 0 fully saturated rings. The first-order valence-electron chi connectivity index (χ1n) is 4.17. The van der Waals surface area contributed by atoms with Crippen LogP contribution in [0.2, 0.25) is 0 Å². The van der Waals surface area contributed by atoms with Crippen LogP contribution in [0.1, 0.15) is 19.8 Å². The Balaban J connectivity index is 2.30. The van der Waals surface area contributed by atoms with Gasteiger partial charge in [0.15, 0.2) is 0 Å². The Morgan fingerprint density at radius 2 is 2.67 bits per heavy atom. The van der Waals surface area contributed by atoms with Gasteiger partial charge in [0.1, 0.15) is 6.61 Å². The molecule has 2 nitrogen and oxygen atoms in total. The van der Waals surface area contributed by atoms with E-state index < -0.39 is 0 Å². The third-order valence-corrected chi connectivity index (χ3v) is 2.00. The van der Waals surface area contributed by atoms with Gasteiger partial charge in [-0.15, -0.1) is 0 Å². The standard InChI is InChI=1S/C10H14O2/c1-3-6-12-10(11)9-5-4-8(2)7-9/h3-4,9H,1,5-7H2,2H3. The highest BCUT2D eigenvalue weighted by molar-refractivity contribution is 5.73. The Morgan fingerprint density at radius 1 is 1.92 bits per heavy atom. The first-order chi connectivity index (χ1) is 5.74. The van der Waals surface area contributed by atoms with Gasteiger partial charge in [-0.25, -0.2) is 0 Å². The van der Waals surface area contributed by atoms with E-state index >= 15 is 0 Å². The molecule has 0 N–H and O–H groups in total. The Kier molecular flexibility index (Phi) is 3.09. The summed E-state index contributed by atoms with van der Waals surface area (Å²) in [5.41, 5.74) is 1.29. The maximum atomic E-state index is 11.2. The topological polar surface area (TPSA) is 26.3 Å². The fourth-order valence-electron chi connectivity index (χ4n) is 1.34. The summed E-state index contributed by atoms with van der Waals surface area (Å²) < 4.78 is 4.93. The molecule has 0 saturated heterocycles. The van der Waals surface area contributed by atoms with Crippen LogP contribution >= 0.6 is 0 Å². The minimum atomic E-state index is -0.0944. The molecule has 1 unspecified atom stereocenters. The molecule has 2 heteroatoms. The second-order valence-electron chi connectivity index (χ2n) is 3.11. The third kappa shape index (κ3) is 2.22. The predicted molar refractivity (Wildman–Crippen MR) is 47.6 cm³/mol. The van der Waals surface area contributed by atoms with Crippen LogP contribution in [0.15, 0.2) is 24.3 Å². The summed E-state index contributed by atoms with van der Waals surface area (Å²) >= 11 is 0. The molecular formula is C10H14O2. The molecule has 0 aliphatic heterocycles. The smallest absolute Gasteiger partial charge is 0.309 e. The van der Waals surface area contributed by atoms with Gasteiger partial charge < -0.3 is 4.74 Å². The molecule has 0 bridgehead atoms. The van der Waals surface area contributed by atoms with E-state index in [-0.39, 0.29) is 11.9 Å². The van der Waals surface area contributed by atoms with E-state index in [9.17, 15) is 4.79 Å². The monoisotopic (exact) mass is 166 g/mol. The highest BCUT2D eigenvalue weighted by Crippen LogP contribution is 2.25. The lowest BCUT2D eigenvalue weighted by Crippen LogP contribution is -2.15. The maximum Gasteiger partial charge on any atom is 0.309 e. The number of carbonyl (C=O) groups is 1. The van der Waals surface area contributed by atoms with Crippen LogP contribution in [-0.4, -0.2) is 12.6 Å². The summed E-state index contributed by atoms with van der Waals surface area (Å²) in [5, 5.41) is 0. The molecule has 0 aromatic carbocycles. The number of esters is 1. The molecule has 1 rings (SSSR count). The zero-order chi connectivity index (χ0) is 8.97. The van der Waals surface area contributed by atoms with Crippen molar-refractivity contribution in [1.82, 2.24) is 0 Å². The fraction of sp³-hybridized carbons (Fsp3) is 0.500. The number of ether oxygens (including phenoxy) is 1. The fourth-order valence-corrected chi connectivity index (χ4v) is 1.34. The Bertz CT molecular complexity index is 216. The van der Waals surface area contributed by atoms with Crippen LogP contribution in [0, 0.1) is 5.92 Å². The van der Waals surface area contributed by atoms with Gasteiger partial charge in [0.05, 0.1) is 5.92 Å². The zero-order valence-electron chi connectivity index (χ0n) is 7.38. The van der Waals surface area contributed by atoms with E-state index in [1.165, 1.54) is 5.57 Å². The van der Waals surface area contributed by atoms with Gasteiger partial charge in [-0.1, -0.05) is 24.3 Å². The van der Waals surface area contributed by atoms with E-state index in [1.54, 1.807) is 6.08 Å². The van der Waals surface area contributed by atoms with Gasteiger partial charge in [-0.3, -0.25) is 4.79 Å². The van der Waals surface area contributed by atoms with Crippen LogP contribution in [0.3, 0.4) is 0 Å². The molecule has 1 atom stereocenters. The van der Waals surface area contributed by atoms with E-state index in [2.05, 4.69) is 12.7 Å². The maximum absolute atomic E-state index is 11.2. The van der Waals surface area contributed by atoms with Gasteiger partial charge >= 0.3 is 5.97 Å². The molecule has 0 spiro atoms. The minimum Gasteiger partial charge on any atom is -0.461 e. The van der Waals surface area contributed by atoms with E-state index in [0.29, 0.717) is 6.61 Å². The summed E-state index contributed by atoms with van der Waals surface area (Å²) in [5.74, 6) is -0.0343. The van der Waals surface area contributed by atoms with Crippen molar-refractivity contribution < 1.29 is 9.53 Å². The SMILES string of the molecule is C=CCOC(=O)C1CC=C(C)C1. The van der Waals surface area contributed by atoms with Gasteiger partial charge in [-0.05, 0) is 19.8 Å². The average molecular weight is 166 g/mol. The van der Waals surface area contributed by atoms with E-state index in [1.807, 2.05) is 6.92 Å². The number of carbonyl (C=O) groups excluding carboxylic acids is 1. The Labute approximate surface area is 72.9 Å². The summed E-state index contributed by atoms with van der Waals surface area (Å²) in [6.45, 7) is 5.85. The summed E-state index contributed by atoms with van der Waals surface area (Å²) in [4.78, 5) is 11.2. The van der Waals surface area contributed by atoms with Gasteiger partial charge in [0, 0.05) is 0 Å². The van der Waals surface area contributed by atoms with Crippen molar-refractivity contribution in [2.75, 3.05) is 6.61 Å². The second-order valence-corrected chi connectivity index (χ2v) is 3.11. The molecule has 12 heavy (non-hydrogen) atoms. The largest absolute Gasteiger partial charge is 0.461 e. The van der Waals surface area contributed by atoms with Crippen molar-refractivity contribution in [3.63, 3.8) is 0 Å². The molecule has 1 aliphatic carbocycles. The van der Waals surface area contributed by atoms with Crippen LogP contribution in [0.4, 0.5) is 0 Å². The molecule has 0 aromatic rings. The van der Waals surface area contributed by atoms with Crippen LogP contribution in [0.5, 0.6) is 0 Å². The average Bonchev–Trinajstić information content (AvgIpc) is 2.47. The van der Waals surface area contributed by atoms with E-state index in [0.717, 1.165) is 12.8 Å². The first-order valence-corrected chi connectivity index (χ1v) is 4.17. The van der Waals surface area contributed by atoms with Crippen molar-refractivity contribution in [2.45, 2.75) is 19.8 Å². The molecule has 0 heterocycles. The lowest BCUT2D eigenvalue weighted by atomic mass is 10.1. The van der Waals surface area contributed by atoms with Crippen molar-refractivity contribution in [1.29, 1.82) is 0 Å². The van der Waals surface area contributed by atoms with Gasteiger partial charge in [0.2, 0.25) is 0 Å². The molecule has 0 radical (unpaired) electrons. The normalized spacial score (nSPS) is 21.8. The van der Waals surface area contributed by atoms with Crippen molar-refractivity contribution in [2.24, 2.45) is 5.92 Å². The van der Waals surface area contributed by atoms with Gasteiger partial charge in [0.25, 0.3) is 0 Å². The second kappa shape index (κ2) is 4.10. The van der Waals surface area contributed by atoms with Crippen LogP contribution in [-0.2, 0) is 9.53 Å². The van der Waals surface area contributed by atoms with Crippen LogP contribution < -0.4 is 0 Å². The third-order valence-electron chi connectivity index (χ3n) is 2.00. The lowest BCUT2D eigenvalue weighted by Gasteiger charge is -2.07.